The van der Waals surface area contributed by atoms with Crippen molar-refractivity contribution in [2.45, 2.75) is 44.9 Å². The summed E-state index contributed by atoms with van der Waals surface area (Å²) in [6.07, 6.45) is 2.95. The summed E-state index contributed by atoms with van der Waals surface area (Å²) in [7, 11) is 1.94. The summed E-state index contributed by atoms with van der Waals surface area (Å²) in [5.41, 5.74) is 6.48. The van der Waals surface area contributed by atoms with Crippen molar-refractivity contribution in [3.63, 3.8) is 0 Å². The molecule has 0 radical (unpaired) electrons. The van der Waals surface area contributed by atoms with E-state index in [1.807, 2.05) is 57.3 Å². The number of para-hydroxylation sites is 1. The Morgan fingerprint density at radius 3 is 2.51 bits per heavy atom. The number of amides is 1. The summed E-state index contributed by atoms with van der Waals surface area (Å²) in [6, 6.07) is 18.1. The summed E-state index contributed by atoms with van der Waals surface area (Å²) in [6.45, 7) is 6.95. The van der Waals surface area contributed by atoms with Crippen LogP contribution in [0.4, 0.5) is 5.82 Å². The maximum absolute atomic E-state index is 13.8. The van der Waals surface area contributed by atoms with Gasteiger partial charge in [-0.2, -0.15) is 5.26 Å². The maximum Gasteiger partial charge on any atom is 0.335 e. The molecular formula is C31H34N8O4. The number of nitrogen functional groups attached to an aromatic ring is 1. The highest BCUT2D eigenvalue weighted by Crippen LogP contribution is 2.26. The number of rotatable bonds is 10. The minimum atomic E-state index is -0.555. The third kappa shape index (κ3) is 6.13. The van der Waals surface area contributed by atoms with Crippen molar-refractivity contribution < 1.29 is 14.3 Å². The van der Waals surface area contributed by atoms with E-state index in [2.05, 4.69) is 20.2 Å². The smallest absolute Gasteiger partial charge is 0.335 e. The van der Waals surface area contributed by atoms with Crippen LogP contribution in [0.15, 0.2) is 77.4 Å². The molecule has 12 heteroatoms. The number of nitrogens with zero attached hydrogens (tertiary/aromatic N) is 6. The summed E-state index contributed by atoms with van der Waals surface area (Å²) in [5, 5.41) is 12.6. The number of aromatic nitrogens is 4. The van der Waals surface area contributed by atoms with Gasteiger partial charge in [-0.15, -0.1) is 0 Å². The second-order valence-electron chi connectivity index (χ2n) is 11.1. The Hall–Kier alpha value is -4.99. The lowest BCUT2D eigenvalue weighted by Gasteiger charge is -2.43. The second-order valence-corrected chi connectivity index (χ2v) is 11.1. The van der Waals surface area contributed by atoms with E-state index in [9.17, 15) is 14.9 Å². The molecule has 1 amide bonds. The number of carbonyl (C=O) groups excluding carboxylic acids is 1. The number of hydrogen-bond donors (Lipinski definition) is 2. The van der Waals surface area contributed by atoms with Crippen LogP contribution in [-0.2, 0) is 16.1 Å². The van der Waals surface area contributed by atoms with Gasteiger partial charge in [0.05, 0.1) is 24.9 Å². The zero-order valence-electron chi connectivity index (χ0n) is 24.5. The Labute approximate surface area is 249 Å². The minimum absolute atomic E-state index is 0.0110. The monoisotopic (exact) mass is 582 g/mol. The van der Waals surface area contributed by atoms with Gasteiger partial charge in [-0.25, -0.2) is 14.8 Å². The van der Waals surface area contributed by atoms with Crippen LogP contribution in [0.5, 0.6) is 11.5 Å². The number of likely N-dealkylation sites (N-methyl/N-ethyl adjacent to an activating group) is 1. The number of imidazole rings is 1. The zero-order valence-corrected chi connectivity index (χ0v) is 24.5. The number of fused-ring (bicyclic) bond motifs is 1. The molecule has 43 heavy (non-hydrogen) atoms. The standard InChI is InChI=1S/C31H34N8O4/c1-20(36-29(40)21(15-32)14-31(2,3)37(4)23-17-42-18-23)16-38-28-26(27(33)34-19-35-28)39(30(38)41)22-10-12-25(13-11-22)43-24-8-6-5-7-9-24/h5-14,19-20,23H,16-18H2,1-4H3,(H,36,40)(H2,33,34,35)/t20-/m0/s1. The average molecular weight is 583 g/mol. The van der Waals surface area contributed by atoms with Gasteiger partial charge in [-0.3, -0.25) is 18.8 Å². The van der Waals surface area contributed by atoms with Crippen molar-refractivity contribution in [2.24, 2.45) is 0 Å². The van der Waals surface area contributed by atoms with E-state index in [1.165, 1.54) is 15.5 Å². The zero-order chi connectivity index (χ0) is 30.7. The molecule has 1 atom stereocenters. The maximum atomic E-state index is 13.8. The van der Waals surface area contributed by atoms with Crippen LogP contribution in [-0.4, -0.2) is 67.8 Å². The highest BCUT2D eigenvalue weighted by atomic mass is 16.5. The Kier molecular flexibility index (Phi) is 8.29. The first-order chi connectivity index (χ1) is 20.6. The number of hydrogen-bond acceptors (Lipinski definition) is 9. The Balaban J connectivity index is 1.38. The van der Waals surface area contributed by atoms with E-state index in [1.54, 1.807) is 37.3 Å². The van der Waals surface area contributed by atoms with Crippen molar-refractivity contribution in [2.75, 3.05) is 26.0 Å². The fourth-order valence-electron chi connectivity index (χ4n) is 4.94. The number of carbonyl (C=O) groups is 1. The highest BCUT2D eigenvalue weighted by Gasteiger charge is 2.33. The van der Waals surface area contributed by atoms with E-state index in [4.69, 9.17) is 15.2 Å². The predicted octanol–water partition coefficient (Wildman–Crippen LogP) is 3.02. The molecule has 0 unspecified atom stereocenters. The SMILES string of the molecule is C[C@@H](Cn1c(=O)n(-c2ccc(Oc3ccccc3)cc2)c2c(N)ncnc21)NC(=O)C(C#N)=CC(C)(C)N(C)C1COC1. The third-order valence-electron chi connectivity index (χ3n) is 7.58. The molecular weight excluding hydrogens is 548 g/mol. The normalized spacial score (nSPS) is 14.7. The summed E-state index contributed by atoms with van der Waals surface area (Å²) in [4.78, 5) is 37.4. The fourth-order valence-corrected chi connectivity index (χ4v) is 4.94. The van der Waals surface area contributed by atoms with Gasteiger partial charge in [-0.1, -0.05) is 18.2 Å². The molecule has 0 spiro atoms. The van der Waals surface area contributed by atoms with E-state index in [0.29, 0.717) is 41.6 Å². The lowest BCUT2D eigenvalue weighted by molar-refractivity contribution is -0.117. The molecule has 12 nitrogen and oxygen atoms in total. The number of benzene rings is 2. The van der Waals surface area contributed by atoms with E-state index in [-0.39, 0.29) is 24.0 Å². The van der Waals surface area contributed by atoms with Gasteiger partial charge in [0.25, 0.3) is 5.91 Å². The van der Waals surface area contributed by atoms with Crippen molar-refractivity contribution in [1.82, 2.24) is 29.3 Å². The van der Waals surface area contributed by atoms with E-state index < -0.39 is 23.2 Å². The van der Waals surface area contributed by atoms with Crippen LogP contribution in [0.3, 0.4) is 0 Å². The molecule has 1 fully saturated rings. The largest absolute Gasteiger partial charge is 0.457 e. The first kappa shape index (κ1) is 29.5. The van der Waals surface area contributed by atoms with Gasteiger partial charge >= 0.3 is 5.69 Å². The molecule has 4 aromatic rings. The second kappa shape index (κ2) is 12.1. The van der Waals surface area contributed by atoms with Crippen molar-refractivity contribution in [3.8, 4) is 23.3 Å². The average Bonchev–Trinajstić information content (AvgIpc) is 3.23. The van der Waals surface area contributed by atoms with Crippen LogP contribution >= 0.6 is 0 Å². The minimum Gasteiger partial charge on any atom is -0.457 e. The van der Waals surface area contributed by atoms with Gasteiger partial charge < -0.3 is 20.5 Å². The molecule has 0 saturated carbocycles. The van der Waals surface area contributed by atoms with E-state index >= 15 is 0 Å². The topological polar surface area (TPSA) is 153 Å². The molecule has 2 aromatic carbocycles. The molecule has 1 saturated heterocycles. The summed E-state index contributed by atoms with van der Waals surface area (Å²) in [5.74, 6) is 0.904. The molecule has 2 aromatic heterocycles. The first-order valence-electron chi connectivity index (χ1n) is 13.9. The molecule has 0 bridgehead atoms. The highest BCUT2D eigenvalue weighted by molar-refractivity contribution is 5.97. The molecule has 1 aliphatic heterocycles. The lowest BCUT2D eigenvalue weighted by Crippen LogP contribution is -2.55. The Morgan fingerprint density at radius 1 is 1.21 bits per heavy atom. The van der Waals surface area contributed by atoms with Crippen LogP contribution < -0.4 is 21.5 Å². The number of nitrogens with one attached hydrogen (secondary N) is 1. The van der Waals surface area contributed by atoms with Gasteiger partial charge in [0, 0.05) is 18.1 Å². The quantitative estimate of drug-likeness (QED) is 0.212. The van der Waals surface area contributed by atoms with Crippen molar-refractivity contribution in [3.05, 3.63) is 83.1 Å². The van der Waals surface area contributed by atoms with Crippen LogP contribution in [0.25, 0.3) is 16.9 Å². The van der Waals surface area contributed by atoms with Crippen LogP contribution in [0.1, 0.15) is 20.8 Å². The van der Waals surface area contributed by atoms with Gasteiger partial charge in [0.2, 0.25) is 0 Å². The summed E-state index contributed by atoms with van der Waals surface area (Å²) >= 11 is 0. The van der Waals surface area contributed by atoms with Crippen LogP contribution in [0.2, 0.25) is 0 Å². The first-order valence-corrected chi connectivity index (χ1v) is 13.9. The lowest BCUT2D eigenvalue weighted by atomic mass is 9.96. The number of nitrogens with two attached hydrogens (primary N) is 1. The predicted molar refractivity (Wildman–Crippen MR) is 162 cm³/mol. The van der Waals surface area contributed by atoms with E-state index in [0.717, 1.165) is 0 Å². The van der Waals surface area contributed by atoms with Crippen molar-refractivity contribution in [1.29, 1.82) is 5.26 Å². The van der Waals surface area contributed by atoms with Crippen molar-refractivity contribution >= 4 is 22.9 Å². The molecule has 1 aliphatic rings. The Morgan fingerprint density at radius 2 is 1.88 bits per heavy atom. The van der Waals surface area contributed by atoms with Gasteiger partial charge in [0.15, 0.2) is 11.5 Å². The number of ether oxygens (including phenoxy) is 2. The third-order valence-corrected chi connectivity index (χ3v) is 7.58. The molecule has 3 N–H and O–H groups in total. The molecule has 5 rings (SSSR count). The number of anilines is 1. The van der Waals surface area contributed by atoms with Gasteiger partial charge in [0.1, 0.15) is 35.0 Å². The number of nitriles is 1. The summed E-state index contributed by atoms with van der Waals surface area (Å²) < 4.78 is 14.0. The molecule has 0 aliphatic carbocycles. The molecule has 3 heterocycles. The molecule has 222 valence electrons. The Bertz CT molecular complexity index is 1750. The van der Waals surface area contributed by atoms with Gasteiger partial charge in [-0.05, 0) is 70.3 Å². The fraction of sp³-hybridized carbons (Fsp3) is 0.323. The van der Waals surface area contributed by atoms with Crippen LogP contribution in [0, 0.1) is 11.3 Å².